The van der Waals surface area contributed by atoms with E-state index in [1.165, 1.54) is 5.56 Å². The molecule has 1 amide bonds. The Balaban J connectivity index is 2.03. The lowest BCUT2D eigenvalue weighted by Gasteiger charge is -2.09. The van der Waals surface area contributed by atoms with Crippen LogP contribution in [0.3, 0.4) is 0 Å². The molecule has 0 aliphatic carbocycles. The SMILES string of the molecule is CCCc1ccc(C(=O)Nc2ccc(C(C)C(=O)O)cc2)cc1. The molecule has 0 heterocycles. The quantitative estimate of drug-likeness (QED) is 0.844. The third-order valence-corrected chi connectivity index (χ3v) is 3.79. The number of hydrogen-bond acceptors (Lipinski definition) is 2. The second-order valence-corrected chi connectivity index (χ2v) is 5.58. The van der Waals surface area contributed by atoms with Crippen LogP contribution in [0.5, 0.6) is 0 Å². The third-order valence-electron chi connectivity index (χ3n) is 3.79. The largest absolute Gasteiger partial charge is 0.481 e. The molecule has 0 aliphatic heterocycles. The Morgan fingerprint density at radius 2 is 1.65 bits per heavy atom. The van der Waals surface area contributed by atoms with Crippen LogP contribution in [-0.2, 0) is 11.2 Å². The van der Waals surface area contributed by atoms with E-state index >= 15 is 0 Å². The van der Waals surface area contributed by atoms with Crippen molar-refractivity contribution in [2.24, 2.45) is 0 Å². The number of carboxylic acid groups (broad SMARTS) is 1. The number of carboxylic acids is 1. The first-order valence-electron chi connectivity index (χ1n) is 7.74. The second-order valence-electron chi connectivity index (χ2n) is 5.58. The Morgan fingerprint density at radius 1 is 1.04 bits per heavy atom. The maximum atomic E-state index is 12.2. The predicted molar refractivity (Wildman–Crippen MR) is 90.9 cm³/mol. The first kappa shape index (κ1) is 16.7. The van der Waals surface area contributed by atoms with E-state index in [0.717, 1.165) is 12.8 Å². The Kier molecular flexibility index (Phi) is 5.52. The molecule has 0 bridgehead atoms. The molecule has 4 heteroatoms. The molecule has 2 aromatic carbocycles. The van der Waals surface area contributed by atoms with E-state index in [9.17, 15) is 9.59 Å². The number of aliphatic carboxylic acids is 1. The number of anilines is 1. The van der Waals surface area contributed by atoms with Crippen LogP contribution in [0.15, 0.2) is 48.5 Å². The summed E-state index contributed by atoms with van der Waals surface area (Å²) in [5.41, 5.74) is 3.18. The van der Waals surface area contributed by atoms with Gasteiger partial charge in [-0.3, -0.25) is 9.59 Å². The lowest BCUT2D eigenvalue weighted by Crippen LogP contribution is -2.12. The number of carbonyl (C=O) groups is 2. The highest BCUT2D eigenvalue weighted by molar-refractivity contribution is 6.04. The average Bonchev–Trinajstić information content (AvgIpc) is 2.55. The molecule has 0 aromatic heterocycles. The van der Waals surface area contributed by atoms with Crippen LogP contribution in [0.4, 0.5) is 5.69 Å². The van der Waals surface area contributed by atoms with Crippen LogP contribution < -0.4 is 5.32 Å². The van der Waals surface area contributed by atoms with Crippen molar-refractivity contribution >= 4 is 17.6 Å². The number of rotatable bonds is 6. The highest BCUT2D eigenvalue weighted by Gasteiger charge is 2.13. The zero-order valence-corrected chi connectivity index (χ0v) is 13.4. The van der Waals surface area contributed by atoms with Crippen molar-refractivity contribution in [3.8, 4) is 0 Å². The predicted octanol–water partition coefficient (Wildman–Crippen LogP) is 4.08. The van der Waals surface area contributed by atoms with E-state index in [2.05, 4.69) is 12.2 Å². The van der Waals surface area contributed by atoms with Crippen molar-refractivity contribution in [1.29, 1.82) is 0 Å². The number of hydrogen-bond donors (Lipinski definition) is 2. The summed E-state index contributed by atoms with van der Waals surface area (Å²) in [6.07, 6.45) is 2.08. The fourth-order valence-electron chi connectivity index (χ4n) is 2.31. The summed E-state index contributed by atoms with van der Waals surface area (Å²) in [4.78, 5) is 23.2. The molecular formula is C19H21NO3. The van der Waals surface area contributed by atoms with E-state index in [0.29, 0.717) is 16.8 Å². The van der Waals surface area contributed by atoms with Gasteiger partial charge in [0.1, 0.15) is 0 Å². The number of amides is 1. The van der Waals surface area contributed by atoms with Crippen molar-refractivity contribution in [1.82, 2.24) is 0 Å². The molecule has 0 spiro atoms. The molecule has 1 unspecified atom stereocenters. The van der Waals surface area contributed by atoms with Gasteiger partial charge < -0.3 is 10.4 Å². The van der Waals surface area contributed by atoms with Crippen LogP contribution in [0.2, 0.25) is 0 Å². The van der Waals surface area contributed by atoms with Crippen molar-refractivity contribution in [3.05, 3.63) is 65.2 Å². The minimum absolute atomic E-state index is 0.174. The van der Waals surface area contributed by atoms with Crippen LogP contribution in [-0.4, -0.2) is 17.0 Å². The van der Waals surface area contributed by atoms with Gasteiger partial charge in [0.25, 0.3) is 5.91 Å². The molecule has 4 nitrogen and oxygen atoms in total. The molecule has 0 saturated carbocycles. The molecule has 2 rings (SSSR count). The molecule has 120 valence electrons. The van der Waals surface area contributed by atoms with Gasteiger partial charge in [0.05, 0.1) is 5.92 Å². The summed E-state index contributed by atoms with van der Waals surface area (Å²) >= 11 is 0. The van der Waals surface area contributed by atoms with E-state index in [1.807, 2.05) is 24.3 Å². The second kappa shape index (κ2) is 7.58. The highest BCUT2D eigenvalue weighted by atomic mass is 16.4. The fraction of sp³-hybridized carbons (Fsp3) is 0.263. The highest BCUT2D eigenvalue weighted by Crippen LogP contribution is 2.19. The maximum absolute atomic E-state index is 12.2. The molecule has 2 aromatic rings. The zero-order chi connectivity index (χ0) is 16.8. The number of benzene rings is 2. The van der Waals surface area contributed by atoms with Gasteiger partial charge in [-0.2, -0.15) is 0 Å². The number of nitrogens with one attached hydrogen (secondary N) is 1. The lowest BCUT2D eigenvalue weighted by molar-refractivity contribution is -0.138. The number of carbonyl (C=O) groups excluding carboxylic acids is 1. The Morgan fingerprint density at radius 3 is 2.17 bits per heavy atom. The van der Waals surface area contributed by atoms with Crippen molar-refractivity contribution in [2.75, 3.05) is 5.32 Å². The van der Waals surface area contributed by atoms with Crippen molar-refractivity contribution in [3.63, 3.8) is 0 Å². The first-order chi connectivity index (χ1) is 11.0. The van der Waals surface area contributed by atoms with E-state index in [-0.39, 0.29) is 5.91 Å². The Bertz CT molecular complexity index is 675. The van der Waals surface area contributed by atoms with Gasteiger partial charge in [-0.15, -0.1) is 0 Å². The van der Waals surface area contributed by atoms with Crippen molar-refractivity contribution < 1.29 is 14.7 Å². The van der Waals surface area contributed by atoms with E-state index in [4.69, 9.17) is 5.11 Å². The number of aryl methyl sites for hydroxylation is 1. The Hall–Kier alpha value is -2.62. The Labute approximate surface area is 136 Å². The zero-order valence-electron chi connectivity index (χ0n) is 13.4. The molecule has 2 N–H and O–H groups in total. The van der Waals surface area contributed by atoms with Gasteiger partial charge >= 0.3 is 5.97 Å². The third kappa shape index (κ3) is 4.42. The van der Waals surface area contributed by atoms with Crippen LogP contribution >= 0.6 is 0 Å². The summed E-state index contributed by atoms with van der Waals surface area (Å²) < 4.78 is 0. The molecular weight excluding hydrogens is 290 g/mol. The molecule has 0 aliphatic rings. The minimum atomic E-state index is -0.867. The summed E-state index contributed by atoms with van der Waals surface area (Å²) in [6, 6.07) is 14.5. The maximum Gasteiger partial charge on any atom is 0.310 e. The normalized spacial score (nSPS) is 11.7. The van der Waals surface area contributed by atoms with E-state index in [1.54, 1.807) is 31.2 Å². The van der Waals surface area contributed by atoms with Gasteiger partial charge in [0, 0.05) is 11.3 Å². The lowest BCUT2D eigenvalue weighted by atomic mass is 10.0. The molecule has 0 radical (unpaired) electrons. The monoisotopic (exact) mass is 311 g/mol. The standard InChI is InChI=1S/C19H21NO3/c1-3-4-14-5-7-16(8-6-14)18(21)20-17-11-9-15(10-12-17)13(2)19(22)23/h5-13H,3-4H2,1-2H3,(H,20,21)(H,22,23). The van der Waals surface area contributed by atoms with Gasteiger partial charge in [-0.1, -0.05) is 37.6 Å². The molecule has 23 heavy (non-hydrogen) atoms. The smallest absolute Gasteiger partial charge is 0.310 e. The van der Waals surface area contributed by atoms with Crippen molar-refractivity contribution in [2.45, 2.75) is 32.6 Å². The van der Waals surface area contributed by atoms with Crippen LogP contribution in [0, 0.1) is 0 Å². The molecule has 0 saturated heterocycles. The fourth-order valence-corrected chi connectivity index (χ4v) is 2.31. The topological polar surface area (TPSA) is 66.4 Å². The average molecular weight is 311 g/mol. The van der Waals surface area contributed by atoms with Gasteiger partial charge in [0.2, 0.25) is 0 Å². The molecule has 0 fully saturated rings. The van der Waals surface area contributed by atoms with E-state index < -0.39 is 11.9 Å². The minimum Gasteiger partial charge on any atom is -0.481 e. The molecule has 1 atom stereocenters. The van der Waals surface area contributed by atoms with Gasteiger partial charge in [0.15, 0.2) is 0 Å². The summed E-state index contributed by atoms with van der Waals surface area (Å²) in [7, 11) is 0. The first-order valence-corrected chi connectivity index (χ1v) is 7.74. The van der Waals surface area contributed by atoms with Gasteiger partial charge in [-0.25, -0.2) is 0 Å². The summed E-state index contributed by atoms with van der Waals surface area (Å²) in [5, 5.41) is 11.8. The van der Waals surface area contributed by atoms with Crippen LogP contribution in [0.25, 0.3) is 0 Å². The summed E-state index contributed by atoms with van der Waals surface area (Å²) in [6.45, 7) is 3.75. The van der Waals surface area contributed by atoms with Gasteiger partial charge in [-0.05, 0) is 48.7 Å². The van der Waals surface area contributed by atoms with Crippen LogP contribution in [0.1, 0.15) is 47.7 Å². The summed E-state index contributed by atoms with van der Waals surface area (Å²) in [5.74, 6) is -1.60.